The SMILES string of the molecule is CCOC(=O)C#Cc1cccc2c1CCCC2. The minimum Gasteiger partial charge on any atom is -0.456 e. The summed E-state index contributed by atoms with van der Waals surface area (Å²) in [5, 5.41) is 0. The van der Waals surface area contributed by atoms with Crippen molar-refractivity contribution in [2.45, 2.75) is 32.6 Å². The Bertz CT molecular complexity index is 477. The predicted molar refractivity (Wildman–Crippen MR) is 66.6 cm³/mol. The molecule has 0 atom stereocenters. The van der Waals surface area contributed by atoms with E-state index in [1.807, 2.05) is 12.1 Å². The molecule has 2 rings (SSSR count). The zero-order valence-electron chi connectivity index (χ0n) is 10.1. The Kier molecular flexibility index (Phi) is 3.82. The Labute approximate surface area is 102 Å². The average Bonchev–Trinajstić information content (AvgIpc) is 2.36. The number of benzene rings is 1. The Morgan fingerprint density at radius 2 is 2.18 bits per heavy atom. The summed E-state index contributed by atoms with van der Waals surface area (Å²) in [6.07, 6.45) is 4.67. The van der Waals surface area contributed by atoms with Crippen LogP contribution in [0.25, 0.3) is 0 Å². The third-order valence-corrected chi connectivity index (χ3v) is 2.97. The molecule has 0 aliphatic heterocycles. The molecule has 0 N–H and O–H groups in total. The fourth-order valence-electron chi connectivity index (χ4n) is 2.18. The summed E-state index contributed by atoms with van der Waals surface area (Å²) < 4.78 is 4.80. The molecule has 1 aliphatic carbocycles. The molecule has 0 unspecified atom stereocenters. The summed E-state index contributed by atoms with van der Waals surface area (Å²) in [7, 11) is 0. The number of carbonyl (C=O) groups is 1. The smallest absolute Gasteiger partial charge is 0.384 e. The van der Waals surface area contributed by atoms with Gasteiger partial charge in [0.15, 0.2) is 0 Å². The van der Waals surface area contributed by atoms with E-state index >= 15 is 0 Å². The van der Waals surface area contributed by atoms with Gasteiger partial charge in [-0.05, 0) is 49.8 Å². The van der Waals surface area contributed by atoms with E-state index in [0.29, 0.717) is 6.61 Å². The maximum Gasteiger partial charge on any atom is 0.384 e. The molecule has 0 radical (unpaired) electrons. The Morgan fingerprint density at radius 1 is 1.35 bits per heavy atom. The van der Waals surface area contributed by atoms with E-state index in [0.717, 1.165) is 18.4 Å². The van der Waals surface area contributed by atoms with Crippen LogP contribution in [0.2, 0.25) is 0 Å². The molecule has 0 amide bonds. The van der Waals surface area contributed by atoms with Gasteiger partial charge in [-0.3, -0.25) is 0 Å². The molecular weight excluding hydrogens is 212 g/mol. The first-order valence-electron chi connectivity index (χ1n) is 6.11. The second kappa shape index (κ2) is 5.54. The number of hydrogen-bond donors (Lipinski definition) is 0. The number of ether oxygens (including phenoxy) is 1. The minimum atomic E-state index is -0.444. The van der Waals surface area contributed by atoms with Gasteiger partial charge in [0.05, 0.1) is 6.61 Å². The van der Waals surface area contributed by atoms with Crippen LogP contribution in [0.5, 0.6) is 0 Å². The molecule has 88 valence electrons. The second-order valence-electron chi connectivity index (χ2n) is 4.12. The Morgan fingerprint density at radius 3 is 3.00 bits per heavy atom. The van der Waals surface area contributed by atoms with Gasteiger partial charge in [0.2, 0.25) is 0 Å². The Balaban J connectivity index is 2.24. The normalized spacial score (nSPS) is 13.2. The molecule has 0 fully saturated rings. The van der Waals surface area contributed by atoms with Crippen LogP contribution >= 0.6 is 0 Å². The van der Waals surface area contributed by atoms with Gasteiger partial charge < -0.3 is 4.74 Å². The molecule has 0 heterocycles. The minimum absolute atomic E-state index is 0.375. The van der Waals surface area contributed by atoms with Crippen LogP contribution in [-0.2, 0) is 22.4 Å². The first kappa shape index (κ1) is 11.7. The van der Waals surface area contributed by atoms with E-state index in [4.69, 9.17) is 4.74 Å². The summed E-state index contributed by atoms with van der Waals surface area (Å²) in [5.41, 5.74) is 3.68. The molecule has 2 nitrogen and oxygen atoms in total. The van der Waals surface area contributed by atoms with Crippen molar-refractivity contribution in [3.63, 3.8) is 0 Å². The topological polar surface area (TPSA) is 26.3 Å². The molecule has 0 spiro atoms. The average molecular weight is 228 g/mol. The van der Waals surface area contributed by atoms with Gasteiger partial charge >= 0.3 is 5.97 Å². The molecule has 0 saturated heterocycles. The van der Waals surface area contributed by atoms with Crippen LogP contribution in [0.15, 0.2) is 18.2 Å². The zero-order valence-corrected chi connectivity index (χ0v) is 10.1. The van der Waals surface area contributed by atoms with Crippen LogP contribution < -0.4 is 0 Å². The highest BCUT2D eigenvalue weighted by atomic mass is 16.5. The number of fused-ring (bicyclic) bond motifs is 1. The fourth-order valence-corrected chi connectivity index (χ4v) is 2.18. The molecule has 0 saturated carbocycles. The number of esters is 1. The van der Waals surface area contributed by atoms with Crippen molar-refractivity contribution >= 4 is 5.97 Å². The van der Waals surface area contributed by atoms with Gasteiger partial charge in [0.25, 0.3) is 0 Å². The van der Waals surface area contributed by atoms with Crippen LogP contribution in [0.3, 0.4) is 0 Å². The molecule has 1 aliphatic rings. The van der Waals surface area contributed by atoms with Gasteiger partial charge in [-0.2, -0.15) is 0 Å². The summed E-state index contributed by atoms with van der Waals surface area (Å²) in [4.78, 5) is 11.2. The van der Waals surface area contributed by atoms with Crippen molar-refractivity contribution in [3.05, 3.63) is 34.9 Å². The highest BCUT2D eigenvalue weighted by Crippen LogP contribution is 2.23. The van der Waals surface area contributed by atoms with E-state index in [1.165, 1.54) is 24.0 Å². The molecule has 1 aromatic carbocycles. The maximum atomic E-state index is 11.2. The third-order valence-electron chi connectivity index (χ3n) is 2.97. The third kappa shape index (κ3) is 2.88. The molecule has 1 aromatic rings. The van der Waals surface area contributed by atoms with E-state index in [1.54, 1.807) is 6.92 Å². The first-order chi connectivity index (χ1) is 8.31. The van der Waals surface area contributed by atoms with Crippen LogP contribution in [-0.4, -0.2) is 12.6 Å². The molecule has 2 heteroatoms. The van der Waals surface area contributed by atoms with Crippen molar-refractivity contribution in [1.82, 2.24) is 0 Å². The van der Waals surface area contributed by atoms with Crippen LogP contribution in [0.4, 0.5) is 0 Å². The number of hydrogen-bond acceptors (Lipinski definition) is 2. The second-order valence-corrected chi connectivity index (χ2v) is 4.12. The van der Waals surface area contributed by atoms with E-state index in [2.05, 4.69) is 17.9 Å². The van der Waals surface area contributed by atoms with Gasteiger partial charge in [-0.15, -0.1) is 0 Å². The first-order valence-corrected chi connectivity index (χ1v) is 6.11. The lowest BCUT2D eigenvalue weighted by atomic mass is 9.88. The standard InChI is InChI=1S/C15H16O2/c1-2-17-15(16)11-10-13-8-5-7-12-6-3-4-9-14(12)13/h5,7-8H,2-4,6,9H2,1H3. The van der Waals surface area contributed by atoms with Crippen LogP contribution in [0, 0.1) is 11.8 Å². The van der Waals surface area contributed by atoms with Gasteiger partial charge in [-0.1, -0.05) is 18.1 Å². The lowest BCUT2D eigenvalue weighted by Gasteiger charge is -2.16. The van der Waals surface area contributed by atoms with Crippen LogP contribution in [0.1, 0.15) is 36.5 Å². The number of carbonyl (C=O) groups excluding carboxylic acids is 1. The van der Waals surface area contributed by atoms with Crippen molar-refractivity contribution in [1.29, 1.82) is 0 Å². The molecule has 17 heavy (non-hydrogen) atoms. The molecular formula is C15H16O2. The van der Waals surface area contributed by atoms with E-state index in [9.17, 15) is 4.79 Å². The lowest BCUT2D eigenvalue weighted by molar-refractivity contribution is -0.136. The largest absolute Gasteiger partial charge is 0.456 e. The highest BCUT2D eigenvalue weighted by Gasteiger charge is 2.11. The maximum absolute atomic E-state index is 11.2. The number of aryl methyl sites for hydroxylation is 1. The monoisotopic (exact) mass is 228 g/mol. The summed E-state index contributed by atoms with van der Waals surface area (Å²) in [6, 6.07) is 6.15. The predicted octanol–water partition coefficient (Wildman–Crippen LogP) is 2.48. The number of rotatable bonds is 1. The van der Waals surface area contributed by atoms with Crippen molar-refractivity contribution in [3.8, 4) is 11.8 Å². The van der Waals surface area contributed by atoms with Gasteiger partial charge in [0.1, 0.15) is 0 Å². The molecule has 0 aromatic heterocycles. The molecule has 0 bridgehead atoms. The van der Waals surface area contributed by atoms with E-state index in [-0.39, 0.29) is 0 Å². The quantitative estimate of drug-likeness (QED) is 0.545. The summed E-state index contributed by atoms with van der Waals surface area (Å²) in [6.45, 7) is 2.16. The fraction of sp³-hybridized carbons (Fsp3) is 0.400. The highest BCUT2D eigenvalue weighted by molar-refractivity contribution is 5.89. The van der Waals surface area contributed by atoms with E-state index < -0.39 is 5.97 Å². The Hall–Kier alpha value is -1.75. The summed E-state index contributed by atoms with van der Waals surface area (Å²) in [5.74, 6) is 5.03. The van der Waals surface area contributed by atoms with Crippen molar-refractivity contribution < 1.29 is 9.53 Å². The van der Waals surface area contributed by atoms with Gasteiger partial charge in [0, 0.05) is 11.5 Å². The summed E-state index contributed by atoms with van der Waals surface area (Å²) >= 11 is 0. The lowest BCUT2D eigenvalue weighted by Crippen LogP contribution is -2.05. The van der Waals surface area contributed by atoms with Crippen molar-refractivity contribution in [2.75, 3.05) is 6.61 Å². The van der Waals surface area contributed by atoms with Crippen molar-refractivity contribution in [2.24, 2.45) is 0 Å². The zero-order chi connectivity index (χ0) is 12.1. The van der Waals surface area contributed by atoms with Gasteiger partial charge in [-0.25, -0.2) is 4.79 Å².